The fourth-order valence-electron chi connectivity index (χ4n) is 18.4. The topological polar surface area (TPSA) is 362 Å². The molecular formula is C93H101BBr3I2N17O13S2. The number of nitrogen functional groups attached to an aromatic ring is 1. The molecule has 6 N–H and O–H groups in total. The van der Waals surface area contributed by atoms with Gasteiger partial charge in [-0.05, 0) is 266 Å². The molecule has 0 aromatic carbocycles. The maximum absolute atomic E-state index is 13.9. The average Bonchev–Trinajstić information content (AvgIpc) is 1.56. The Morgan fingerprint density at radius 3 is 1.44 bits per heavy atom. The first kappa shape index (κ1) is 96.2. The van der Waals surface area contributed by atoms with E-state index in [4.69, 9.17) is 19.9 Å². The maximum Gasteiger partial charge on any atom is 0.488 e. The summed E-state index contributed by atoms with van der Waals surface area (Å²) in [6.45, 7) is 25.3. The first-order valence-corrected chi connectivity index (χ1v) is 49.2. The number of aromatic amines is 1. The van der Waals surface area contributed by atoms with Gasteiger partial charge in [0.1, 0.15) is 46.8 Å². The van der Waals surface area contributed by atoms with Crippen LogP contribution in [0.1, 0.15) is 165 Å². The highest BCUT2D eigenvalue weighted by molar-refractivity contribution is 14.1. The third kappa shape index (κ3) is 20.8. The molecule has 686 valence electrons. The highest BCUT2D eigenvalue weighted by Crippen LogP contribution is 2.45. The van der Waals surface area contributed by atoms with Crippen molar-refractivity contribution in [2.24, 2.45) is 37.4 Å². The van der Waals surface area contributed by atoms with Gasteiger partial charge in [-0.2, -0.15) is 0 Å². The van der Waals surface area contributed by atoms with Gasteiger partial charge in [0.15, 0.2) is 10.3 Å². The van der Waals surface area contributed by atoms with Crippen LogP contribution in [0.25, 0.3) is 22.3 Å². The zero-order valence-electron chi connectivity index (χ0n) is 74.7. The summed E-state index contributed by atoms with van der Waals surface area (Å²) in [5, 5.41) is 23.8. The number of halogens is 5. The van der Waals surface area contributed by atoms with Crippen LogP contribution >= 0.6 is 116 Å². The number of hydrogen-bond acceptors (Lipinski definition) is 22. The fraction of sp³-hybridized carbons (Fsp3) is 0.387. The Morgan fingerprint density at radius 2 is 0.992 bits per heavy atom. The first-order valence-electron chi connectivity index (χ1n) is 43.1. The number of esters is 1. The number of amides is 3. The van der Waals surface area contributed by atoms with Crippen molar-refractivity contribution in [3.63, 3.8) is 0 Å². The molecule has 30 nitrogen and oxygen atoms in total. The third-order valence-corrected chi connectivity index (χ3v) is 29.1. The smallest absolute Gasteiger partial charge is 0.461 e. The van der Waals surface area contributed by atoms with E-state index in [0.29, 0.717) is 133 Å². The molecule has 131 heavy (non-hydrogen) atoms. The van der Waals surface area contributed by atoms with Crippen molar-refractivity contribution >= 4 is 185 Å². The first-order chi connectivity index (χ1) is 62.3. The second kappa shape index (κ2) is 39.7. The number of rotatable bonds is 12. The molecule has 3 amide bonds. The average molecular weight is 2230 g/mol. The number of fused-ring (bicyclic) bond motifs is 11. The van der Waals surface area contributed by atoms with Gasteiger partial charge in [0.2, 0.25) is 0 Å². The molecule has 0 saturated heterocycles. The Labute approximate surface area is 817 Å². The number of pyridine rings is 7. The van der Waals surface area contributed by atoms with Gasteiger partial charge in [0.05, 0.1) is 61.0 Å². The number of nitrogens with one attached hydrogen (secondary N) is 2. The van der Waals surface area contributed by atoms with Crippen molar-refractivity contribution in [3.05, 3.63) is 255 Å². The van der Waals surface area contributed by atoms with Gasteiger partial charge in [-0.1, -0.05) is 78.1 Å². The van der Waals surface area contributed by atoms with E-state index in [1.165, 1.54) is 79.0 Å². The summed E-state index contributed by atoms with van der Waals surface area (Å²) in [6.07, 6.45) is 20.9. The van der Waals surface area contributed by atoms with Crippen LogP contribution in [0.15, 0.2) is 137 Å². The van der Waals surface area contributed by atoms with Crippen LogP contribution in [0.3, 0.4) is 0 Å². The van der Waals surface area contributed by atoms with E-state index in [9.17, 15) is 48.4 Å². The minimum atomic E-state index is -1.57. The van der Waals surface area contributed by atoms with Crippen molar-refractivity contribution in [2.45, 2.75) is 166 Å². The summed E-state index contributed by atoms with van der Waals surface area (Å²) in [5.74, 6) is 1.08. The molecule has 0 spiro atoms. The second-order valence-corrected chi connectivity index (χ2v) is 43.0. The summed E-state index contributed by atoms with van der Waals surface area (Å²) in [7, 11) is 3.60. The van der Waals surface area contributed by atoms with Crippen LogP contribution in [0, 0.1) is 23.4 Å². The summed E-state index contributed by atoms with van der Waals surface area (Å²) in [4.78, 5) is 132. The summed E-state index contributed by atoms with van der Waals surface area (Å²) in [5.41, 5.74) is 24.2. The van der Waals surface area contributed by atoms with Crippen molar-refractivity contribution in [1.29, 1.82) is 0 Å². The lowest BCUT2D eigenvalue weighted by Crippen LogP contribution is -2.43. The Morgan fingerprint density at radius 1 is 0.557 bits per heavy atom. The lowest BCUT2D eigenvalue weighted by atomic mass is 9.77. The van der Waals surface area contributed by atoms with Gasteiger partial charge in [0.25, 0.3) is 40.0 Å². The van der Waals surface area contributed by atoms with E-state index in [2.05, 4.69) is 196 Å². The highest BCUT2D eigenvalue weighted by Gasteiger charge is 2.42. The quantitative estimate of drug-likeness (QED) is 0.0431. The SMILES string of the molecule is CC(=O)OCc1c(-c2cc(Nc3nc4c(s3)COCC4)c(=O)n(C)c2)ccnc1N1CCn2c(cc3c2CC(C)(C)C3)C1=O.CCc1c(-c2cc(Br)c(=O)n(C)c2)ccnc1N1CCn2c(cc3c2CC(C)(C)C3)C1=O.CCc1c(B(O)O)ccnc1N1CCn2c(cc3c2CC(C)(C)C3)C1=O.Cn1cc(I)cc(Br)c1=O.Nc1nc2c(s1)COCC2.O=c1[nH]cc(I)cc1Br. The summed E-state index contributed by atoms with van der Waals surface area (Å²) in [6, 6.07) is 18.7. The number of H-pyrrole nitrogens is 1. The molecule has 12 aromatic heterocycles. The lowest BCUT2D eigenvalue weighted by molar-refractivity contribution is -0.142. The monoisotopic (exact) mass is 2230 g/mol. The molecule has 0 fully saturated rings. The van der Waals surface area contributed by atoms with Crippen LogP contribution < -0.4 is 53.5 Å². The second-order valence-electron chi connectivity index (χ2n) is 35.8. The molecule has 8 aliphatic rings. The zero-order valence-corrected chi connectivity index (χ0v) is 85.4. The number of ether oxygens (including phenoxy) is 3. The predicted molar refractivity (Wildman–Crippen MR) is 536 cm³/mol. The normalized spacial score (nSPS) is 16.1. The van der Waals surface area contributed by atoms with Crippen molar-refractivity contribution < 1.29 is 43.4 Å². The Hall–Kier alpha value is -9.37. The zero-order chi connectivity index (χ0) is 93.7. The molecule has 17 heterocycles. The Kier molecular flexibility index (Phi) is 29.1. The number of carbonyl (C=O) groups excluding carboxylic acids is 4. The molecule has 0 atom stereocenters. The molecule has 0 unspecified atom stereocenters. The fourth-order valence-corrected chi connectivity index (χ4v) is 23.6. The maximum atomic E-state index is 13.9. The number of aryl methyl sites for hydroxylation is 3. The molecule has 38 heteroatoms. The standard InChI is InChI=1S/C32H34N6O5S.C25H27BrN4O2.C19H24BN3O3.C6H5BrINO.C6H8N2OS.C5H3BrINO/c1-18(39)43-16-22-21(20-11-24(29(40)36(4)15-20)35-31-34-23-6-10-42-17-27(23)44-31)5-7-33-28(22)38-9-8-37-25(30(38)41)12-19-13-32(2,3)14-26(19)37;1-5-17-18(16-10-19(26)23(31)28(4)14-16)6-7-27-22(17)30-9-8-29-20(24(30)32)11-15-12-25(2,3)13-21(15)29;1-4-13-14(20(25)26)5-6-21-17(13)23-8-7-22-15(18(23)24)9-12-10-19(2,3)11-16(12)22;1-9-3-4(8)2-5(7)6(9)10;7-6-8-4-1-2-9-3-5(4)10-6;6-4-1-3(7)2-8-5(4)9/h5,7,11-12,15H,6,8-10,13-14,16-17H2,1-4H3,(H,34,35);6-7,10-11,14H,5,8-9,12-13H2,1-4H3;5-6,9,25-26H,4,7-8,10-11H2,1-3H3;2-3H,1H3;1-3H2,(H2,7,8);1-2H,(H,8,9). The van der Waals surface area contributed by atoms with Crippen molar-refractivity contribution in [2.75, 3.05) is 58.6 Å². The van der Waals surface area contributed by atoms with Crippen LogP contribution in [-0.4, -0.2) is 131 Å². The van der Waals surface area contributed by atoms with Crippen LogP contribution in [-0.2, 0) is 144 Å². The predicted octanol–water partition coefficient (Wildman–Crippen LogP) is 13.9. The van der Waals surface area contributed by atoms with Gasteiger partial charge in [-0.25, -0.2) is 24.9 Å². The number of nitrogens with two attached hydrogens (primary N) is 1. The van der Waals surface area contributed by atoms with Crippen LogP contribution in [0.2, 0.25) is 0 Å². The van der Waals surface area contributed by atoms with Gasteiger partial charge in [-0.15, -0.1) is 0 Å². The highest BCUT2D eigenvalue weighted by atomic mass is 127. The lowest BCUT2D eigenvalue weighted by Gasteiger charge is -2.31. The Bertz CT molecular complexity index is 6660. The number of thiazole rings is 2. The van der Waals surface area contributed by atoms with Crippen LogP contribution in [0.5, 0.6) is 0 Å². The van der Waals surface area contributed by atoms with Gasteiger partial charge < -0.3 is 67.7 Å². The van der Waals surface area contributed by atoms with Gasteiger partial charge in [0, 0.05) is 164 Å². The Balaban J connectivity index is 0.000000132. The molecule has 12 aromatic rings. The van der Waals surface area contributed by atoms with Crippen molar-refractivity contribution in [3.8, 4) is 22.3 Å². The molecule has 3 aliphatic carbocycles. The molecule has 0 saturated carbocycles. The van der Waals surface area contributed by atoms with E-state index in [1.807, 2.05) is 48.4 Å². The van der Waals surface area contributed by atoms with E-state index in [1.54, 1.807) is 95.3 Å². The van der Waals surface area contributed by atoms with Gasteiger partial charge in [-0.3, -0.25) is 53.1 Å². The summed E-state index contributed by atoms with van der Waals surface area (Å²) >= 11 is 16.9. The van der Waals surface area contributed by atoms with E-state index in [-0.39, 0.29) is 62.8 Å². The molecule has 0 radical (unpaired) electrons. The molecule has 20 rings (SSSR count). The number of aromatic nitrogens is 12. The van der Waals surface area contributed by atoms with E-state index < -0.39 is 13.1 Å². The third-order valence-electron chi connectivity index (χ3n) is 24.3. The minimum Gasteiger partial charge on any atom is -0.461 e. The molecular weight excluding hydrogens is 2130 g/mol. The van der Waals surface area contributed by atoms with Crippen molar-refractivity contribution in [1.82, 2.24) is 57.3 Å². The van der Waals surface area contributed by atoms with E-state index >= 15 is 0 Å². The number of hydrogen-bond donors (Lipinski definition) is 5. The number of anilines is 6. The van der Waals surface area contributed by atoms with Crippen LogP contribution in [0.4, 0.5) is 33.4 Å². The molecule has 0 bridgehead atoms. The van der Waals surface area contributed by atoms with Gasteiger partial charge >= 0.3 is 13.1 Å². The van der Waals surface area contributed by atoms with E-state index in [0.717, 1.165) is 129 Å². The minimum absolute atomic E-state index is 0.000385. The number of carbonyl (C=O) groups is 4. The summed E-state index contributed by atoms with van der Waals surface area (Å²) < 4.78 is 31.2. The largest absolute Gasteiger partial charge is 0.488 e. The number of nitrogens with zero attached hydrogens (tertiary/aromatic N) is 14. The molecule has 5 aliphatic heterocycles.